The second-order valence-corrected chi connectivity index (χ2v) is 3.00. The molecule has 0 bridgehead atoms. The van der Waals surface area contributed by atoms with E-state index in [4.69, 9.17) is 11.6 Å². The molecule has 2 unspecified atom stereocenters. The number of aromatic nitrogens is 2. The molecule has 0 fully saturated rings. The number of alkyl halides is 1. The minimum atomic E-state index is -1.01. The third-order valence-electron chi connectivity index (χ3n) is 1.66. The van der Waals surface area contributed by atoms with Gasteiger partial charge in [-0.2, -0.15) is 0 Å². The van der Waals surface area contributed by atoms with Gasteiger partial charge in [-0.15, -0.1) is 11.6 Å². The summed E-state index contributed by atoms with van der Waals surface area (Å²) in [5, 5.41) is 18.9. The van der Waals surface area contributed by atoms with Gasteiger partial charge in [0.1, 0.15) is 6.10 Å². The van der Waals surface area contributed by atoms with Crippen LogP contribution in [0.2, 0.25) is 0 Å². The molecule has 0 aliphatic carbocycles. The largest absolute Gasteiger partial charge is 0.390 e. The number of nitrogens with zero attached hydrogens (tertiary/aromatic N) is 2. The van der Waals surface area contributed by atoms with E-state index in [2.05, 4.69) is 9.97 Å². The molecule has 0 amide bonds. The van der Waals surface area contributed by atoms with Crippen molar-refractivity contribution in [1.82, 2.24) is 9.97 Å². The highest BCUT2D eigenvalue weighted by Gasteiger charge is 2.18. The Bertz CT molecular complexity index is 245. The van der Waals surface area contributed by atoms with Crippen molar-refractivity contribution in [3.63, 3.8) is 0 Å². The first-order chi connectivity index (χ1) is 6.25. The van der Waals surface area contributed by atoms with Gasteiger partial charge >= 0.3 is 0 Å². The summed E-state index contributed by atoms with van der Waals surface area (Å²) in [6.07, 6.45) is 2.83. The summed E-state index contributed by atoms with van der Waals surface area (Å²) >= 11 is 5.42. The lowest BCUT2D eigenvalue weighted by molar-refractivity contribution is 0.0142. The predicted octanol–water partition coefficient (Wildman–Crippen LogP) is 0.500. The molecule has 0 aliphatic heterocycles. The molecule has 72 valence electrons. The van der Waals surface area contributed by atoms with E-state index >= 15 is 0 Å². The summed E-state index contributed by atoms with van der Waals surface area (Å²) < 4.78 is 0. The molecule has 1 aromatic heterocycles. The number of halogens is 1. The van der Waals surface area contributed by atoms with Crippen molar-refractivity contribution in [1.29, 1.82) is 0 Å². The predicted molar refractivity (Wildman–Crippen MR) is 48.3 cm³/mol. The van der Waals surface area contributed by atoms with Crippen molar-refractivity contribution in [3.8, 4) is 0 Å². The van der Waals surface area contributed by atoms with Crippen LogP contribution in [0.1, 0.15) is 18.2 Å². The van der Waals surface area contributed by atoms with Crippen LogP contribution in [0.5, 0.6) is 0 Å². The van der Waals surface area contributed by atoms with Crippen LogP contribution in [0.25, 0.3) is 0 Å². The highest BCUT2D eigenvalue weighted by atomic mass is 35.5. The average Bonchev–Trinajstić information content (AvgIpc) is 2.18. The van der Waals surface area contributed by atoms with Crippen LogP contribution in [0.15, 0.2) is 18.6 Å². The third-order valence-corrected chi connectivity index (χ3v) is 1.87. The monoisotopic (exact) mass is 202 g/mol. The normalized spacial score (nSPS) is 15.3. The Balaban J connectivity index is 2.62. The van der Waals surface area contributed by atoms with Crippen molar-refractivity contribution in [2.45, 2.75) is 18.6 Å². The number of rotatable bonds is 4. The first-order valence-corrected chi connectivity index (χ1v) is 4.47. The second-order valence-electron chi connectivity index (χ2n) is 2.62. The molecule has 0 spiro atoms. The molecule has 0 aliphatic rings. The fourth-order valence-corrected chi connectivity index (χ4v) is 1.15. The molecule has 0 saturated heterocycles. The van der Waals surface area contributed by atoms with E-state index in [1.165, 1.54) is 18.6 Å². The van der Waals surface area contributed by atoms with Crippen molar-refractivity contribution in [2.75, 3.05) is 5.88 Å². The molecule has 1 rings (SSSR count). The molecule has 4 nitrogen and oxygen atoms in total. The Morgan fingerprint density at radius 2 is 2.15 bits per heavy atom. The van der Waals surface area contributed by atoms with Gasteiger partial charge in [0.2, 0.25) is 0 Å². The minimum absolute atomic E-state index is 0.304. The van der Waals surface area contributed by atoms with Crippen molar-refractivity contribution >= 4 is 11.6 Å². The van der Waals surface area contributed by atoms with Crippen LogP contribution in [0.4, 0.5) is 0 Å². The summed E-state index contributed by atoms with van der Waals surface area (Å²) in [6, 6.07) is 0. The lowest BCUT2D eigenvalue weighted by Gasteiger charge is -2.15. The number of aliphatic hydroxyl groups excluding tert-OH is 2. The van der Waals surface area contributed by atoms with E-state index in [0.717, 1.165) is 0 Å². The molecule has 2 atom stereocenters. The summed E-state index contributed by atoms with van der Waals surface area (Å²) in [5.74, 6) is 0.304. The van der Waals surface area contributed by atoms with Gasteiger partial charge in [0.25, 0.3) is 0 Å². The van der Waals surface area contributed by atoms with Gasteiger partial charge in [-0.25, -0.2) is 0 Å². The van der Waals surface area contributed by atoms with Gasteiger partial charge in [-0.05, 0) is 6.42 Å². The summed E-state index contributed by atoms with van der Waals surface area (Å²) in [7, 11) is 0. The molecule has 0 saturated carbocycles. The molecule has 5 heteroatoms. The lowest BCUT2D eigenvalue weighted by atomic mass is 10.1. The van der Waals surface area contributed by atoms with Gasteiger partial charge in [-0.3, -0.25) is 9.97 Å². The topological polar surface area (TPSA) is 66.2 Å². The molecular formula is C8H11ClN2O2. The summed E-state index contributed by atoms with van der Waals surface area (Å²) in [6.45, 7) is 0. The molecule has 0 aromatic carbocycles. The smallest absolute Gasteiger partial charge is 0.123 e. The number of hydrogen-bond acceptors (Lipinski definition) is 4. The van der Waals surface area contributed by atoms with E-state index < -0.39 is 12.2 Å². The first kappa shape index (κ1) is 10.4. The summed E-state index contributed by atoms with van der Waals surface area (Å²) in [4.78, 5) is 7.65. The highest BCUT2D eigenvalue weighted by molar-refractivity contribution is 6.17. The molecular weight excluding hydrogens is 192 g/mol. The Hall–Kier alpha value is -0.710. The van der Waals surface area contributed by atoms with E-state index in [9.17, 15) is 10.2 Å². The maximum Gasteiger partial charge on any atom is 0.123 e. The number of hydrogen-bond donors (Lipinski definition) is 2. The van der Waals surface area contributed by atoms with Crippen LogP contribution in [-0.4, -0.2) is 32.2 Å². The van der Waals surface area contributed by atoms with Gasteiger partial charge in [0.15, 0.2) is 0 Å². The zero-order valence-corrected chi connectivity index (χ0v) is 7.72. The van der Waals surface area contributed by atoms with Crippen molar-refractivity contribution in [3.05, 3.63) is 24.3 Å². The maximum atomic E-state index is 9.51. The van der Waals surface area contributed by atoms with Crippen molar-refractivity contribution < 1.29 is 10.2 Å². The molecule has 1 heterocycles. The second kappa shape index (κ2) is 5.11. The van der Waals surface area contributed by atoms with Crippen LogP contribution in [0.3, 0.4) is 0 Å². The highest BCUT2D eigenvalue weighted by Crippen LogP contribution is 2.15. The third kappa shape index (κ3) is 2.91. The molecule has 0 radical (unpaired) electrons. The van der Waals surface area contributed by atoms with E-state index in [0.29, 0.717) is 18.0 Å². The van der Waals surface area contributed by atoms with Crippen LogP contribution < -0.4 is 0 Å². The summed E-state index contributed by atoms with van der Waals surface area (Å²) in [5.41, 5.74) is 0.361. The first-order valence-electron chi connectivity index (χ1n) is 3.93. The Morgan fingerprint density at radius 3 is 2.69 bits per heavy atom. The molecule has 1 aromatic rings. The number of aliphatic hydroxyl groups is 2. The standard InChI is InChI=1S/C8H11ClN2O2/c9-2-1-7(12)8(13)6-5-10-3-4-11-6/h3-5,7-8,12-13H,1-2H2. The lowest BCUT2D eigenvalue weighted by Crippen LogP contribution is -2.19. The fourth-order valence-electron chi connectivity index (χ4n) is 0.930. The van der Waals surface area contributed by atoms with E-state index in [1.807, 2.05) is 0 Å². The van der Waals surface area contributed by atoms with Gasteiger partial charge < -0.3 is 10.2 Å². The Kier molecular flexibility index (Phi) is 4.08. The molecule has 2 N–H and O–H groups in total. The van der Waals surface area contributed by atoms with E-state index in [1.54, 1.807) is 0 Å². The molecule has 13 heavy (non-hydrogen) atoms. The Labute approximate surface area is 81.2 Å². The average molecular weight is 203 g/mol. The maximum absolute atomic E-state index is 9.51. The van der Waals surface area contributed by atoms with Crippen LogP contribution in [-0.2, 0) is 0 Å². The Morgan fingerprint density at radius 1 is 1.38 bits per heavy atom. The zero-order valence-electron chi connectivity index (χ0n) is 6.97. The van der Waals surface area contributed by atoms with Crippen molar-refractivity contribution in [2.24, 2.45) is 0 Å². The SMILES string of the molecule is OC(CCCl)C(O)c1cnccn1. The van der Waals surface area contributed by atoms with Gasteiger partial charge in [0.05, 0.1) is 18.0 Å². The zero-order chi connectivity index (χ0) is 9.68. The van der Waals surface area contributed by atoms with Gasteiger partial charge in [-0.1, -0.05) is 0 Å². The minimum Gasteiger partial charge on any atom is -0.390 e. The van der Waals surface area contributed by atoms with Gasteiger partial charge in [0, 0.05) is 18.3 Å². The quantitative estimate of drug-likeness (QED) is 0.698. The van der Waals surface area contributed by atoms with Crippen LogP contribution >= 0.6 is 11.6 Å². The van der Waals surface area contributed by atoms with E-state index in [-0.39, 0.29) is 0 Å². The fraction of sp³-hybridized carbons (Fsp3) is 0.500. The van der Waals surface area contributed by atoms with Crippen LogP contribution in [0, 0.1) is 0 Å².